The molecule has 1 heterocycles. The molecular weight excluding hydrogens is 206 g/mol. The van der Waals surface area contributed by atoms with Gasteiger partial charge in [0.1, 0.15) is 5.75 Å². The van der Waals surface area contributed by atoms with Crippen LogP contribution in [0.4, 0.5) is 6.01 Å². The minimum atomic E-state index is 0.0520. The van der Waals surface area contributed by atoms with Crippen LogP contribution in [0.5, 0.6) is 5.75 Å². The van der Waals surface area contributed by atoms with Gasteiger partial charge in [0.2, 0.25) is 0 Å². The van der Waals surface area contributed by atoms with Crippen molar-refractivity contribution in [2.24, 2.45) is 0 Å². The van der Waals surface area contributed by atoms with E-state index in [2.05, 4.69) is 10.2 Å². The largest absolute Gasteiger partial charge is 0.496 e. The van der Waals surface area contributed by atoms with Crippen molar-refractivity contribution in [1.29, 1.82) is 0 Å². The van der Waals surface area contributed by atoms with Gasteiger partial charge in [-0.05, 0) is 31.0 Å². The van der Waals surface area contributed by atoms with E-state index >= 15 is 0 Å². The Kier molecular flexibility index (Phi) is 2.52. The fraction of sp³-hybridized carbons (Fsp3) is 0.273. The zero-order valence-corrected chi connectivity index (χ0v) is 9.44. The first-order valence-corrected chi connectivity index (χ1v) is 4.86. The summed E-state index contributed by atoms with van der Waals surface area (Å²) in [5.41, 5.74) is 8.29. The number of benzene rings is 1. The van der Waals surface area contributed by atoms with E-state index in [0.717, 1.165) is 22.4 Å². The molecule has 0 saturated heterocycles. The van der Waals surface area contributed by atoms with E-state index in [0.29, 0.717) is 5.89 Å². The van der Waals surface area contributed by atoms with Gasteiger partial charge in [0.15, 0.2) is 0 Å². The molecule has 0 amide bonds. The first-order chi connectivity index (χ1) is 7.61. The van der Waals surface area contributed by atoms with E-state index in [1.807, 2.05) is 26.0 Å². The summed E-state index contributed by atoms with van der Waals surface area (Å²) in [5.74, 6) is 1.11. The summed E-state index contributed by atoms with van der Waals surface area (Å²) in [5, 5.41) is 7.49. The lowest BCUT2D eigenvalue weighted by molar-refractivity contribution is 0.411. The highest BCUT2D eigenvalue weighted by Crippen LogP contribution is 2.33. The first kappa shape index (κ1) is 10.5. The molecule has 0 spiro atoms. The average Bonchev–Trinajstić information content (AvgIpc) is 2.63. The summed E-state index contributed by atoms with van der Waals surface area (Å²) in [4.78, 5) is 0. The third kappa shape index (κ3) is 1.71. The lowest BCUT2D eigenvalue weighted by atomic mass is 10.1. The lowest BCUT2D eigenvalue weighted by Gasteiger charge is -2.09. The number of aryl methyl sites for hydroxylation is 2. The molecule has 0 aliphatic heterocycles. The Bertz CT molecular complexity index is 520. The summed E-state index contributed by atoms with van der Waals surface area (Å²) in [6.45, 7) is 3.96. The Labute approximate surface area is 93.2 Å². The molecule has 0 atom stereocenters. The Hall–Kier alpha value is -2.04. The van der Waals surface area contributed by atoms with Gasteiger partial charge in [0, 0.05) is 0 Å². The molecule has 2 rings (SSSR count). The third-order valence-electron chi connectivity index (χ3n) is 2.29. The van der Waals surface area contributed by atoms with Crippen LogP contribution < -0.4 is 10.5 Å². The molecule has 1 aromatic heterocycles. The molecule has 1 aromatic carbocycles. The third-order valence-corrected chi connectivity index (χ3v) is 2.29. The predicted octanol–water partition coefficient (Wildman–Crippen LogP) is 1.94. The summed E-state index contributed by atoms with van der Waals surface area (Å²) in [6, 6.07) is 4.01. The van der Waals surface area contributed by atoms with Gasteiger partial charge in [-0.15, -0.1) is 5.10 Å². The van der Waals surface area contributed by atoms with Gasteiger partial charge in [-0.1, -0.05) is 11.2 Å². The quantitative estimate of drug-likeness (QED) is 0.835. The van der Waals surface area contributed by atoms with Crippen molar-refractivity contribution in [3.8, 4) is 17.2 Å². The normalized spacial score (nSPS) is 10.4. The molecule has 0 fully saturated rings. The molecule has 0 bridgehead atoms. The van der Waals surface area contributed by atoms with Crippen LogP contribution in [0.25, 0.3) is 11.5 Å². The molecule has 0 radical (unpaired) electrons. The average molecular weight is 219 g/mol. The van der Waals surface area contributed by atoms with Gasteiger partial charge in [0.25, 0.3) is 5.89 Å². The van der Waals surface area contributed by atoms with Crippen LogP contribution in [0.2, 0.25) is 0 Å². The van der Waals surface area contributed by atoms with E-state index in [1.165, 1.54) is 0 Å². The zero-order chi connectivity index (χ0) is 11.7. The van der Waals surface area contributed by atoms with E-state index in [-0.39, 0.29) is 6.01 Å². The van der Waals surface area contributed by atoms with Crippen LogP contribution in [0, 0.1) is 13.8 Å². The molecule has 84 valence electrons. The van der Waals surface area contributed by atoms with Gasteiger partial charge in [-0.3, -0.25) is 0 Å². The molecular formula is C11H13N3O2. The number of nitrogen functional groups attached to an aromatic ring is 1. The van der Waals surface area contributed by atoms with Crippen molar-refractivity contribution in [2.45, 2.75) is 13.8 Å². The molecule has 16 heavy (non-hydrogen) atoms. The van der Waals surface area contributed by atoms with Crippen LogP contribution in [-0.2, 0) is 0 Å². The molecule has 5 nitrogen and oxygen atoms in total. The summed E-state index contributed by atoms with van der Waals surface area (Å²) < 4.78 is 10.5. The first-order valence-electron chi connectivity index (χ1n) is 4.86. The van der Waals surface area contributed by atoms with E-state index < -0.39 is 0 Å². The molecule has 5 heteroatoms. The van der Waals surface area contributed by atoms with E-state index in [1.54, 1.807) is 7.11 Å². The van der Waals surface area contributed by atoms with Crippen LogP contribution in [0.15, 0.2) is 16.5 Å². The van der Waals surface area contributed by atoms with Gasteiger partial charge < -0.3 is 14.9 Å². The SMILES string of the molecule is COc1c(C)cc(C)cc1-c1nnc(N)o1. The van der Waals surface area contributed by atoms with E-state index in [9.17, 15) is 0 Å². The minimum absolute atomic E-state index is 0.0520. The van der Waals surface area contributed by atoms with Crippen LogP contribution >= 0.6 is 0 Å². The topological polar surface area (TPSA) is 74.2 Å². The predicted molar refractivity (Wildman–Crippen MR) is 60.2 cm³/mol. The second-order valence-corrected chi connectivity index (χ2v) is 3.61. The maximum absolute atomic E-state index is 5.40. The van der Waals surface area contributed by atoms with Gasteiger partial charge in [0.05, 0.1) is 12.7 Å². The van der Waals surface area contributed by atoms with Crippen molar-refractivity contribution >= 4 is 6.01 Å². The molecule has 0 aliphatic rings. The number of hydrogen-bond donors (Lipinski definition) is 1. The highest BCUT2D eigenvalue weighted by Gasteiger charge is 2.14. The van der Waals surface area contributed by atoms with Gasteiger partial charge >= 0.3 is 6.01 Å². The van der Waals surface area contributed by atoms with Crippen molar-refractivity contribution in [3.05, 3.63) is 23.3 Å². The highest BCUT2D eigenvalue weighted by molar-refractivity contribution is 5.66. The van der Waals surface area contributed by atoms with Gasteiger partial charge in [-0.25, -0.2) is 0 Å². The fourth-order valence-electron chi connectivity index (χ4n) is 1.73. The summed E-state index contributed by atoms with van der Waals surface area (Å²) in [7, 11) is 1.61. The van der Waals surface area contributed by atoms with Gasteiger partial charge in [-0.2, -0.15) is 0 Å². The molecule has 2 N–H and O–H groups in total. The number of hydrogen-bond acceptors (Lipinski definition) is 5. The number of nitrogens with two attached hydrogens (primary N) is 1. The maximum Gasteiger partial charge on any atom is 0.313 e. The number of anilines is 1. The van der Waals surface area contributed by atoms with E-state index in [4.69, 9.17) is 14.9 Å². The smallest absolute Gasteiger partial charge is 0.313 e. The maximum atomic E-state index is 5.40. The zero-order valence-electron chi connectivity index (χ0n) is 9.44. The summed E-state index contributed by atoms with van der Waals surface area (Å²) in [6.07, 6.45) is 0. The van der Waals surface area contributed by atoms with Crippen molar-refractivity contribution in [3.63, 3.8) is 0 Å². The highest BCUT2D eigenvalue weighted by atomic mass is 16.5. The van der Waals surface area contributed by atoms with Crippen LogP contribution in [0.3, 0.4) is 0 Å². The number of ether oxygens (including phenoxy) is 1. The van der Waals surface area contributed by atoms with Crippen LogP contribution in [-0.4, -0.2) is 17.3 Å². The standard InChI is InChI=1S/C11H13N3O2/c1-6-4-7(2)9(15-3)8(5-6)10-13-14-11(12)16-10/h4-5H,1-3H3,(H2,12,14). The molecule has 0 unspecified atom stereocenters. The fourth-order valence-corrected chi connectivity index (χ4v) is 1.73. The van der Waals surface area contributed by atoms with Crippen molar-refractivity contribution in [1.82, 2.24) is 10.2 Å². The molecule has 0 saturated carbocycles. The van der Waals surface area contributed by atoms with Crippen molar-refractivity contribution < 1.29 is 9.15 Å². The monoisotopic (exact) mass is 219 g/mol. The number of rotatable bonds is 2. The molecule has 2 aromatic rings. The summed E-state index contributed by atoms with van der Waals surface area (Å²) >= 11 is 0. The van der Waals surface area contributed by atoms with Crippen LogP contribution in [0.1, 0.15) is 11.1 Å². The number of nitrogens with zero attached hydrogens (tertiary/aromatic N) is 2. The second-order valence-electron chi connectivity index (χ2n) is 3.61. The lowest BCUT2D eigenvalue weighted by Crippen LogP contribution is -1.93. The second kappa shape index (κ2) is 3.84. The Morgan fingerprint density at radius 3 is 2.56 bits per heavy atom. The number of methoxy groups -OCH3 is 1. The minimum Gasteiger partial charge on any atom is -0.496 e. The Morgan fingerprint density at radius 1 is 1.25 bits per heavy atom. The number of aromatic nitrogens is 2. The Balaban J connectivity index is 2.63. The molecule has 0 aliphatic carbocycles. The van der Waals surface area contributed by atoms with Crippen molar-refractivity contribution in [2.75, 3.05) is 12.8 Å². The Morgan fingerprint density at radius 2 is 2.00 bits per heavy atom.